The maximum atomic E-state index is 14.0. The summed E-state index contributed by atoms with van der Waals surface area (Å²) in [5, 5.41) is 8.24. The van der Waals surface area contributed by atoms with E-state index in [9.17, 15) is 32.4 Å². The lowest BCUT2D eigenvalue weighted by Gasteiger charge is -2.68. The Kier molecular flexibility index (Phi) is 9.28. The van der Waals surface area contributed by atoms with Gasteiger partial charge in [0.1, 0.15) is 5.54 Å². The summed E-state index contributed by atoms with van der Waals surface area (Å²) in [6.07, 6.45) is 2.98. The molecule has 13 heteroatoms. The van der Waals surface area contributed by atoms with Gasteiger partial charge in [-0.25, -0.2) is 13.2 Å². The van der Waals surface area contributed by atoms with E-state index in [0.29, 0.717) is 31.4 Å². The van der Waals surface area contributed by atoms with Crippen molar-refractivity contribution in [2.24, 2.45) is 40.7 Å². The minimum atomic E-state index is -3.60. The highest BCUT2D eigenvalue weighted by molar-refractivity contribution is 7.90. The second kappa shape index (κ2) is 12.5. The average Bonchev–Trinajstić information content (AvgIpc) is 3.74. The molecular formula is C34H49N5O7S. The summed E-state index contributed by atoms with van der Waals surface area (Å²) in [5.74, 6) is -2.74. The number of likely N-dealkylation sites (tertiary alicyclic amines) is 1. The van der Waals surface area contributed by atoms with Gasteiger partial charge < -0.3 is 26.6 Å². The van der Waals surface area contributed by atoms with Crippen LogP contribution in [0.25, 0.3) is 0 Å². The number of hydrogen-bond donors (Lipinski definition) is 4. The molecule has 1 saturated heterocycles. The second-order valence-electron chi connectivity index (χ2n) is 15.6. The lowest BCUT2D eigenvalue weighted by Crippen LogP contribution is -2.76. The van der Waals surface area contributed by atoms with Crippen LogP contribution in [0.3, 0.4) is 0 Å². The lowest BCUT2D eigenvalue weighted by atomic mass is 9.36. The number of benzene rings is 1. The SMILES string of the molecule is CC(C)CC(C)(CS(=O)(=O)Cc1ccccc1)NC(=O)NCC(=O)N1C[C@@H]2C3C(CC31C(=O)NC(CC1CC1)C(=O)C(N)=O)C2(C)C. The van der Waals surface area contributed by atoms with Gasteiger partial charge in [-0.15, -0.1) is 0 Å². The van der Waals surface area contributed by atoms with Crippen LogP contribution < -0.4 is 21.7 Å². The summed E-state index contributed by atoms with van der Waals surface area (Å²) in [7, 11) is -3.60. The van der Waals surface area contributed by atoms with Gasteiger partial charge in [-0.05, 0) is 66.8 Å². The van der Waals surface area contributed by atoms with Gasteiger partial charge in [0.25, 0.3) is 5.91 Å². The molecule has 0 spiro atoms. The minimum Gasteiger partial charge on any atom is -0.363 e. The monoisotopic (exact) mass is 671 g/mol. The van der Waals surface area contributed by atoms with E-state index >= 15 is 0 Å². The number of amides is 5. The first-order valence-electron chi connectivity index (χ1n) is 16.6. The third-order valence-electron chi connectivity index (χ3n) is 11.0. The number of primary amides is 1. The number of nitrogens with zero attached hydrogens (tertiary/aromatic N) is 1. The zero-order valence-electron chi connectivity index (χ0n) is 28.0. The van der Waals surface area contributed by atoms with Gasteiger partial charge in [0.2, 0.25) is 17.6 Å². The molecule has 47 heavy (non-hydrogen) atoms. The van der Waals surface area contributed by atoms with Gasteiger partial charge >= 0.3 is 6.03 Å². The van der Waals surface area contributed by atoms with E-state index in [1.807, 2.05) is 19.9 Å². The summed E-state index contributed by atoms with van der Waals surface area (Å²) in [4.78, 5) is 66.9. The number of hydrogen-bond acceptors (Lipinski definition) is 7. The quantitative estimate of drug-likeness (QED) is 0.205. The maximum absolute atomic E-state index is 14.0. The Bertz CT molecular complexity index is 1540. The van der Waals surface area contributed by atoms with Crippen LogP contribution in [0.15, 0.2) is 30.3 Å². The van der Waals surface area contributed by atoms with E-state index in [2.05, 4.69) is 29.8 Å². The van der Waals surface area contributed by atoms with Crippen LogP contribution in [0.4, 0.5) is 4.79 Å². The van der Waals surface area contributed by atoms with Crippen molar-refractivity contribution in [3.8, 4) is 0 Å². The number of rotatable bonds is 15. The molecule has 1 aromatic carbocycles. The summed E-state index contributed by atoms with van der Waals surface area (Å²) in [6.45, 7) is 9.78. The third kappa shape index (κ3) is 6.91. The topological polar surface area (TPSA) is 185 Å². The van der Waals surface area contributed by atoms with Crippen molar-refractivity contribution in [1.29, 1.82) is 0 Å². The summed E-state index contributed by atoms with van der Waals surface area (Å²) >= 11 is 0. The Balaban J connectivity index is 1.26. The Labute approximate surface area is 277 Å². The fourth-order valence-corrected chi connectivity index (χ4v) is 10.7. The first kappa shape index (κ1) is 34.8. The predicted octanol–water partition coefficient (Wildman–Crippen LogP) is 1.92. The summed E-state index contributed by atoms with van der Waals surface area (Å²) in [5.41, 5.74) is 3.61. The number of nitrogens with one attached hydrogen (secondary N) is 3. The number of sulfone groups is 1. The van der Waals surface area contributed by atoms with E-state index in [1.165, 1.54) is 0 Å². The molecule has 0 bridgehead atoms. The lowest BCUT2D eigenvalue weighted by molar-refractivity contribution is -0.202. The number of carbonyl (C=O) groups excluding carboxylic acids is 5. The molecule has 5 amide bonds. The van der Waals surface area contributed by atoms with Gasteiger partial charge in [0.15, 0.2) is 9.84 Å². The molecule has 0 aromatic heterocycles. The van der Waals surface area contributed by atoms with Crippen LogP contribution in [0.2, 0.25) is 0 Å². The van der Waals surface area contributed by atoms with Gasteiger partial charge in [-0.1, -0.05) is 70.9 Å². The van der Waals surface area contributed by atoms with E-state index in [0.717, 1.165) is 12.8 Å². The summed E-state index contributed by atoms with van der Waals surface area (Å²) in [6, 6.07) is 7.14. The van der Waals surface area contributed by atoms with Gasteiger partial charge in [0, 0.05) is 6.54 Å². The van der Waals surface area contributed by atoms with Crippen molar-refractivity contribution in [1.82, 2.24) is 20.9 Å². The molecule has 4 fully saturated rings. The van der Waals surface area contributed by atoms with Crippen molar-refractivity contribution in [3.63, 3.8) is 0 Å². The smallest absolute Gasteiger partial charge is 0.315 e. The van der Waals surface area contributed by atoms with Gasteiger partial charge in [-0.3, -0.25) is 19.2 Å². The minimum absolute atomic E-state index is 0.0719. The van der Waals surface area contributed by atoms with Crippen LogP contribution in [0, 0.1) is 35.0 Å². The fraction of sp³-hybridized carbons (Fsp3) is 0.676. The predicted molar refractivity (Wildman–Crippen MR) is 175 cm³/mol. The average molecular weight is 672 g/mol. The molecule has 0 radical (unpaired) electrons. The highest BCUT2D eigenvalue weighted by Gasteiger charge is 2.80. The van der Waals surface area contributed by atoms with Crippen molar-refractivity contribution in [3.05, 3.63) is 35.9 Å². The van der Waals surface area contributed by atoms with Crippen LogP contribution in [0.5, 0.6) is 0 Å². The molecule has 6 atom stereocenters. The van der Waals surface area contributed by atoms with Crippen LogP contribution in [-0.4, -0.2) is 78.8 Å². The van der Waals surface area contributed by atoms with E-state index in [4.69, 9.17) is 5.73 Å². The highest BCUT2D eigenvalue weighted by atomic mass is 32.2. The molecule has 3 aliphatic carbocycles. The Morgan fingerprint density at radius 3 is 2.32 bits per heavy atom. The molecular weight excluding hydrogens is 622 g/mol. The van der Waals surface area contributed by atoms with Crippen molar-refractivity contribution >= 4 is 39.4 Å². The third-order valence-corrected chi connectivity index (χ3v) is 12.8. The molecule has 3 saturated carbocycles. The number of ketones is 1. The van der Waals surface area contributed by atoms with Crippen molar-refractivity contribution in [2.45, 2.75) is 89.6 Å². The molecule has 4 aliphatic rings. The number of Topliss-reactive ketones (excluding diaryl/α,β-unsaturated/α-hetero) is 1. The molecule has 1 aliphatic heterocycles. The van der Waals surface area contributed by atoms with Crippen LogP contribution in [0.1, 0.15) is 72.3 Å². The largest absolute Gasteiger partial charge is 0.363 e. The first-order valence-corrected chi connectivity index (χ1v) is 18.5. The van der Waals surface area contributed by atoms with Crippen molar-refractivity contribution in [2.75, 3.05) is 18.8 Å². The van der Waals surface area contributed by atoms with Crippen molar-refractivity contribution < 1.29 is 32.4 Å². The maximum Gasteiger partial charge on any atom is 0.315 e. The highest BCUT2D eigenvalue weighted by Crippen LogP contribution is 2.74. The molecule has 5 unspecified atom stereocenters. The second-order valence-corrected chi connectivity index (χ2v) is 17.7. The molecule has 5 rings (SSSR count). The molecule has 12 nitrogen and oxygen atoms in total. The molecule has 5 N–H and O–H groups in total. The van der Waals surface area contributed by atoms with Crippen LogP contribution >= 0.6 is 0 Å². The Morgan fingerprint density at radius 2 is 1.72 bits per heavy atom. The first-order chi connectivity index (χ1) is 21.9. The van der Waals surface area contributed by atoms with E-state index in [-0.39, 0.29) is 46.5 Å². The van der Waals surface area contributed by atoms with Gasteiger partial charge in [-0.2, -0.15) is 0 Å². The fourth-order valence-electron chi connectivity index (χ4n) is 8.77. The van der Waals surface area contributed by atoms with E-state index < -0.39 is 63.0 Å². The number of nitrogens with two attached hydrogens (primary N) is 1. The Morgan fingerprint density at radius 1 is 1.06 bits per heavy atom. The van der Waals surface area contributed by atoms with Crippen LogP contribution in [-0.2, 0) is 34.8 Å². The zero-order chi connectivity index (χ0) is 34.5. The Hall–Kier alpha value is -3.48. The number of urea groups is 1. The van der Waals surface area contributed by atoms with E-state index in [1.54, 1.807) is 36.1 Å². The standard InChI is InChI=1S/C34H49N5O7S/c1-20(2)14-33(5,19-47(45,46)18-22-9-7-6-8-10-22)38-31(44)36-16-26(40)39-17-24-27-23(32(24,3)4)15-34(27,39)30(43)37-25(13-21-11-12-21)28(41)29(35)42/h6-10,20-21,23-25,27H,11-19H2,1-5H3,(H2,35,42)(H,37,43)(H2,36,38,44)/t23?,24-,25?,27?,33?,34?/m1/s1. The summed E-state index contributed by atoms with van der Waals surface area (Å²) < 4.78 is 26.4. The molecule has 1 heterocycles. The molecule has 258 valence electrons. The zero-order valence-corrected chi connectivity index (χ0v) is 28.8. The number of carbonyl (C=O) groups is 5. The molecule has 1 aromatic rings. The normalized spacial score (nSPS) is 27.4. The van der Waals surface area contributed by atoms with Gasteiger partial charge in [0.05, 0.1) is 29.6 Å².